The second-order valence-corrected chi connectivity index (χ2v) is 8.19. The van der Waals surface area contributed by atoms with Crippen molar-refractivity contribution in [1.82, 2.24) is 4.90 Å². The van der Waals surface area contributed by atoms with E-state index in [1.807, 2.05) is 55.5 Å². The Hall–Kier alpha value is -2.37. The van der Waals surface area contributed by atoms with Crippen molar-refractivity contribution in [3.63, 3.8) is 0 Å². The minimum Gasteiger partial charge on any atom is -0.485 e. The number of hydrogen-bond acceptors (Lipinski definition) is 4. The first-order chi connectivity index (χ1) is 13.1. The Morgan fingerprint density at radius 3 is 2.70 bits per heavy atom. The average molecular weight is 394 g/mol. The molecule has 2 heterocycles. The zero-order valence-corrected chi connectivity index (χ0v) is 16.6. The smallest absolute Gasteiger partial charge is 0.266 e. The molecule has 0 saturated carbocycles. The number of rotatable bonds is 4. The molecule has 1 fully saturated rings. The van der Waals surface area contributed by atoms with Crippen LogP contribution in [0.5, 0.6) is 5.75 Å². The molecule has 2 aliphatic rings. The van der Waals surface area contributed by atoms with Crippen molar-refractivity contribution in [3.05, 3.63) is 82.3 Å². The minimum absolute atomic E-state index is 0.0205. The fraction of sp³-hybridized carbons (Fsp3) is 0.182. The molecule has 0 N–H and O–H groups in total. The molecule has 0 unspecified atom stereocenters. The number of thioether (sulfide) groups is 1. The Balaban J connectivity index is 1.52. The summed E-state index contributed by atoms with van der Waals surface area (Å²) in [5.74, 6) is 0.852. The first-order valence-corrected chi connectivity index (χ1v) is 10.1. The summed E-state index contributed by atoms with van der Waals surface area (Å²) < 4.78 is 6.59. The van der Waals surface area contributed by atoms with Crippen molar-refractivity contribution >= 4 is 40.3 Å². The topological polar surface area (TPSA) is 29.5 Å². The summed E-state index contributed by atoms with van der Waals surface area (Å²) in [7, 11) is 0. The standard InChI is InChI=1S/C22H19NO2S2/c1-15-18(13-17-9-5-6-10-19(17)25-15)14-20-21(24)23(22(26)27-20)12-11-16-7-3-2-4-8-16/h2-10,13-15H,11-12H2,1H3/b20-14-/t15-/m1/s1. The van der Waals surface area contributed by atoms with Gasteiger partial charge in [-0.25, -0.2) is 0 Å². The number of benzene rings is 2. The van der Waals surface area contributed by atoms with E-state index >= 15 is 0 Å². The van der Waals surface area contributed by atoms with Gasteiger partial charge in [0, 0.05) is 12.1 Å². The fourth-order valence-electron chi connectivity index (χ4n) is 3.15. The number of amides is 1. The number of ether oxygens (including phenoxy) is 1. The summed E-state index contributed by atoms with van der Waals surface area (Å²) in [6, 6.07) is 18.1. The second-order valence-electron chi connectivity index (χ2n) is 6.51. The third-order valence-corrected chi connectivity index (χ3v) is 6.03. The van der Waals surface area contributed by atoms with Gasteiger partial charge in [0.15, 0.2) is 0 Å². The lowest BCUT2D eigenvalue weighted by molar-refractivity contribution is -0.122. The summed E-state index contributed by atoms with van der Waals surface area (Å²) >= 11 is 6.81. The van der Waals surface area contributed by atoms with Gasteiger partial charge in [0.25, 0.3) is 5.91 Å². The van der Waals surface area contributed by atoms with Gasteiger partial charge in [-0.15, -0.1) is 0 Å². The van der Waals surface area contributed by atoms with Crippen molar-refractivity contribution in [2.24, 2.45) is 0 Å². The predicted octanol–water partition coefficient (Wildman–Crippen LogP) is 4.84. The molecular weight excluding hydrogens is 374 g/mol. The largest absolute Gasteiger partial charge is 0.485 e. The van der Waals surface area contributed by atoms with Crippen LogP contribution < -0.4 is 4.74 Å². The fourth-order valence-corrected chi connectivity index (χ4v) is 4.46. The van der Waals surface area contributed by atoms with E-state index in [1.165, 1.54) is 17.3 Å². The highest BCUT2D eigenvalue weighted by Gasteiger charge is 2.32. The number of nitrogens with zero attached hydrogens (tertiary/aromatic N) is 1. The number of fused-ring (bicyclic) bond motifs is 1. The van der Waals surface area contributed by atoms with Crippen molar-refractivity contribution in [1.29, 1.82) is 0 Å². The number of para-hydroxylation sites is 1. The molecule has 2 aromatic carbocycles. The third-order valence-electron chi connectivity index (χ3n) is 4.65. The van der Waals surface area contributed by atoms with Crippen molar-refractivity contribution < 1.29 is 9.53 Å². The van der Waals surface area contributed by atoms with E-state index in [0.29, 0.717) is 15.8 Å². The van der Waals surface area contributed by atoms with Gasteiger partial charge in [0.2, 0.25) is 0 Å². The molecule has 0 bridgehead atoms. The van der Waals surface area contributed by atoms with E-state index in [2.05, 4.69) is 18.2 Å². The molecule has 0 aliphatic carbocycles. The van der Waals surface area contributed by atoms with Gasteiger partial charge in [-0.1, -0.05) is 72.5 Å². The SMILES string of the molecule is C[C@H]1Oc2ccccc2C=C1/C=C1\SC(=S)N(CCc2ccccc2)C1=O. The summed E-state index contributed by atoms with van der Waals surface area (Å²) in [5.41, 5.74) is 3.21. The Kier molecular flexibility index (Phi) is 5.14. The molecule has 136 valence electrons. The summed E-state index contributed by atoms with van der Waals surface area (Å²) in [6.07, 6.45) is 4.69. The molecule has 2 aromatic rings. The molecule has 0 radical (unpaired) electrons. The molecule has 4 rings (SSSR count). The maximum atomic E-state index is 12.8. The molecule has 2 aliphatic heterocycles. The van der Waals surface area contributed by atoms with Crippen LogP contribution in [-0.2, 0) is 11.2 Å². The van der Waals surface area contributed by atoms with Crippen LogP contribution >= 0.6 is 24.0 Å². The Morgan fingerprint density at radius 2 is 1.89 bits per heavy atom. The van der Waals surface area contributed by atoms with Crippen LogP contribution in [0.2, 0.25) is 0 Å². The molecule has 1 amide bonds. The van der Waals surface area contributed by atoms with E-state index in [1.54, 1.807) is 4.90 Å². The van der Waals surface area contributed by atoms with Gasteiger partial charge in [-0.3, -0.25) is 9.69 Å². The van der Waals surface area contributed by atoms with E-state index < -0.39 is 0 Å². The Morgan fingerprint density at radius 1 is 1.15 bits per heavy atom. The zero-order valence-electron chi connectivity index (χ0n) is 14.9. The van der Waals surface area contributed by atoms with Crippen LogP contribution in [-0.4, -0.2) is 27.8 Å². The van der Waals surface area contributed by atoms with Crippen molar-refractivity contribution in [2.45, 2.75) is 19.4 Å². The van der Waals surface area contributed by atoms with Gasteiger partial charge in [-0.2, -0.15) is 0 Å². The normalized spacial score (nSPS) is 20.5. The van der Waals surface area contributed by atoms with Crippen molar-refractivity contribution in [3.8, 4) is 5.75 Å². The lowest BCUT2D eigenvalue weighted by Crippen LogP contribution is -2.30. The van der Waals surface area contributed by atoms with Crippen LogP contribution in [0.3, 0.4) is 0 Å². The number of carbonyl (C=O) groups excluding carboxylic acids is 1. The molecule has 5 heteroatoms. The van der Waals surface area contributed by atoms with E-state index in [-0.39, 0.29) is 12.0 Å². The summed E-state index contributed by atoms with van der Waals surface area (Å²) in [5, 5.41) is 0. The number of hydrogen-bond donors (Lipinski definition) is 0. The first kappa shape index (κ1) is 18.0. The lowest BCUT2D eigenvalue weighted by atomic mass is 10.0. The highest BCUT2D eigenvalue weighted by molar-refractivity contribution is 8.26. The maximum Gasteiger partial charge on any atom is 0.266 e. The molecule has 0 spiro atoms. The summed E-state index contributed by atoms with van der Waals surface area (Å²) in [6.45, 7) is 2.59. The van der Waals surface area contributed by atoms with Gasteiger partial charge in [0.1, 0.15) is 16.2 Å². The van der Waals surface area contributed by atoms with Gasteiger partial charge < -0.3 is 4.74 Å². The van der Waals surface area contributed by atoms with E-state index in [4.69, 9.17) is 17.0 Å². The van der Waals surface area contributed by atoms with E-state index in [0.717, 1.165) is 23.3 Å². The van der Waals surface area contributed by atoms with Gasteiger partial charge in [0.05, 0.1) is 4.91 Å². The maximum absolute atomic E-state index is 12.8. The van der Waals surface area contributed by atoms with Crippen LogP contribution in [0.15, 0.2) is 71.2 Å². The first-order valence-electron chi connectivity index (χ1n) is 8.88. The van der Waals surface area contributed by atoms with Crippen LogP contribution in [0, 0.1) is 0 Å². The molecule has 1 atom stereocenters. The number of thiocarbonyl (C=S) groups is 1. The number of carbonyl (C=O) groups is 1. The van der Waals surface area contributed by atoms with Crippen LogP contribution in [0.4, 0.5) is 0 Å². The van der Waals surface area contributed by atoms with Crippen LogP contribution in [0.1, 0.15) is 18.1 Å². The Bertz CT molecular complexity index is 950. The third kappa shape index (κ3) is 3.84. The zero-order chi connectivity index (χ0) is 18.8. The second kappa shape index (κ2) is 7.71. The monoisotopic (exact) mass is 393 g/mol. The van der Waals surface area contributed by atoms with Crippen molar-refractivity contribution in [2.75, 3.05) is 6.54 Å². The molecule has 3 nitrogen and oxygen atoms in total. The quantitative estimate of drug-likeness (QED) is 0.549. The van der Waals surface area contributed by atoms with E-state index in [9.17, 15) is 4.79 Å². The highest BCUT2D eigenvalue weighted by atomic mass is 32.2. The van der Waals surface area contributed by atoms with Gasteiger partial charge >= 0.3 is 0 Å². The molecular formula is C22H19NO2S2. The highest BCUT2D eigenvalue weighted by Crippen LogP contribution is 2.35. The van der Waals surface area contributed by atoms with Crippen LogP contribution in [0.25, 0.3) is 6.08 Å². The van der Waals surface area contributed by atoms with Gasteiger partial charge in [-0.05, 0) is 42.7 Å². The molecule has 0 aromatic heterocycles. The average Bonchev–Trinajstić information content (AvgIpc) is 2.94. The Labute approximate surface area is 168 Å². The lowest BCUT2D eigenvalue weighted by Gasteiger charge is -2.23. The minimum atomic E-state index is -0.104. The molecule has 27 heavy (non-hydrogen) atoms. The molecule has 1 saturated heterocycles. The summed E-state index contributed by atoms with van der Waals surface area (Å²) in [4.78, 5) is 15.2. The predicted molar refractivity (Wildman–Crippen MR) is 115 cm³/mol.